The Bertz CT molecular complexity index is 448. The number of thioether (sulfide) groups is 1. The van der Waals surface area contributed by atoms with E-state index in [0.717, 1.165) is 25.9 Å². The van der Waals surface area contributed by atoms with Gasteiger partial charge in [0.2, 0.25) is 11.8 Å². The first-order valence-corrected chi connectivity index (χ1v) is 9.76. The molecule has 3 unspecified atom stereocenters. The Morgan fingerprint density at radius 1 is 1.35 bits per heavy atom. The Morgan fingerprint density at radius 2 is 2.04 bits per heavy atom. The lowest BCUT2D eigenvalue weighted by molar-refractivity contribution is -0.145. The Hall–Kier alpha value is -0.750. The molecule has 2 N–H and O–H groups in total. The van der Waals surface area contributed by atoms with Crippen LogP contribution in [0.2, 0.25) is 0 Å². The Morgan fingerprint density at radius 3 is 2.65 bits per heavy atom. The molecule has 0 spiro atoms. The Balaban J connectivity index is 2.01. The van der Waals surface area contributed by atoms with Crippen molar-refractivity contribution in [1.29, 1.82) is 0 Å². The van der Waals surface area contributed by atoms with Gasteiger partial charge in [-0.05, 0) is 31.1 Å². The van der Waals surface area contributed by atoms with Gasteiger partial charge in [0.1, 0.15) is 6.04 Å². The molecule has 6 heteroatoms. The van der Waals surface area contributed by atoms with Crippen molar-refractivity contribution in [3.63, 3.8) is 0 Å². The Kier molecular flexibility index (Phi) is 6.00. The highest BCUT2D eigenvalue weighted by Crippen LogP contribution is 2.28. The monoisotopic (exact) mass is 341 g/mol. The average molecular weight is 342 g/mol. The molecule has 2 fully saturated rings. The van der Waals surface area contributed by atoms with Crippen LogP contribution in [-0.2, 0) is 9.59 Å². The second-order valence-corrected chi connectivity index (χ2v) is 9.16. The molecule has 23 heavy (non-hydrogen) atoms. The van der Waals surface area contributed by atoms with Gasteiger partial charge in [-0.15, -0.1) is 11.8 Å². The number of nitrogens with zero attached hydrogens (tertiary/aromatic N) is 2. The summed E-state index contributed by atoms with van der Waals surface area (Å²) in [7, 11) is 0. The molecule has 2 saturated heterocycles. The molecular formula is C17H31N3O2S. The highest BCUT2D eigenvalue weighted by atomic mass is 32.2. The zero-order valence-corrected chi connectivity index (χ0v) is 15.7. The molecule has 0 radical (unpaired) electrons. The number of hydrogen-bond donors (Lipinski definition) is 1. The zero-order chi connectivity index (χ0) is 17.2. The molecule has 5 nitrogen and oxygen atoms in total. The number of carbonyl (C=O) groups is 2. The first-order chi connectivity index (χ1) is 10.7. The summed E-state index contributed by atoms with van der Waals surface area (Å²) in [6, 6.07) is -0.177. The number of amides is 2. The highest BCUT2D eigenvalue weighted by Gasteiger charge is 2.39. The van der Waals surface area contributed by atoms with E-state index in [-0.39, 0.29) is 29.3 Å². The predicted molar refractivity (Wildman–Crippen MR) is 95.0 cm³/mol. The molecule has 2 heterocycles. The number of likely N-dealkylation sites (tertiary alicyclic amines) is 1. The zero-order valence-electron chi connectivity index (χ0n) is 14.9. The van der Waals surface area contributed by atoms with E-state index in [0.29, 0.717) is 24.0 Å². The van der Waals surface area contributed by atoms with Gasteiger partial charge in [-0.25, -0.2) is 0 Å². The maximum atomic E-state index is 12.9. The van der Waals surface area contributed by atoms with Crippen LogP contribution < -0.4 is 5.73 Å². The van der Waals surface area contributed by atoms with Crippen LogP contribution in [0.4, 0.5) is 0 Å². The number of carbonyl (C=O) groups excluding carboxylic acids is 2. The molecule has 2 aliphatic heterocycles. The van der Waals surface area contributed by atoms with Gasteiger partial charge in [-0.2, -0.15) is 0 Å². The van der Waals surface area contributed by atoms with E-state index in [1.54, 1.807) is 16.7 Å². The van der Waals surface area contributed by atoms with Crippen LogP contribution in [0.3, 0.4) is 0 Å². The van der Waals surface area contributed by atoms with Crippen LogP contribution in [0.1, 0.15) is 47.0 Å². The molecule has 0 aromatic carbocycles. The molecule has 0 aromatic rings. The summed E-state index contributed by atoms with van der Waals surface area (Å²) in [5, 5.41) is 0. The van der Waals surface area contributed by atoms with E-state index in [4.69, 9.17) is 5.73 Å². The van der Waals surface area contributed by atoms with Crippen LogP contribution in [0.25, 0.3) is 0 Å². The molecule has 0 aliphatic carbocycles. The summed E-state index contributed by atoms with van der Waals surface area (Å²) in [5.74, 6) is 1.94. The topological polar surface area (TPSA) is 66.6 Å². The normalized spacial score (nSPS) is 27.2. The van der Waals surface area contributed by atoms with Crippen LogP contribution in [0.15, 0.2) is 0 Å². The molecular weight excluding hydrogens is 310 g/mol. The third-order valence-electron chi connectivity index (χ3n) is 4.68. The summed E-state index contributed by atoms with van der Waals surface area (Å²) in [6.07, 6.45) is 2.58. The van der Waals surface area contributed by atoms with Crippen molar-refractivity contribution in [3.8, 4) is 0 Å². The minimum atomic E-state index is -0.290. The summed E-state index contributed by atoms with van der Waals surface area (Å²) in [5.41, 5.74) is 5.97. The third kappa shape index (κ3) is 4.86. The lowest BCUT2D eigenvalue weighted by atomic mass is 9.91. The number of rotatable bonds is 3. The first-order valence-electron chi connectivity index (χ1n) is 8.60. The second-order valence-electron chi connectivity index (χ2n) is 8.16. The van der Waals surface area contributed by atoms with Crippen molar-refractivity contribution in [2.24, 2.45) is 17.1 Å². The van der Waals surface area contributed by atoms with Crippen molar-refractivity contribution < 1.29 is 9.59 Å². The molecule has 2 amide bonds. The number of hydrogen-bond acceptors (Lipinski definition) is 4. The fourth-order valence-electron chi connectivity index (χ4n) is 3.30. The van der Waals surface area contributed by atoms with Gasteiger partial charge in [0.25, 0.3) is 0 Å². The molecule has 0 saturated carbocycles. The first kappa shape index (κ1) is 18.6. The van der Waals surface area contributed by atoms with Gasteiger partial charge >= 0.3 is 0 Å². The van der Waals surface area contributed by atoms with Gasteiger partial charge in [-0.3, -0.25) is 9.59 Å². The van der Waals surface area contributed by atoms with Crippen LogP contribution in [-0.4, -0.2) is 58.4 Å². The molecule has 2 rings (SSSR count). The van der Waals surface area contributed by atoms with E-state index in [1.165, 1.54) is 0 Å². The van der Waals surface area contributed by atoms with Gasteiger partial charge in [0.05, 0.1) is 5.88 Å². The molecule has 0 aromatic heterocycles. The van der Waals surface area contributed by atoms with E-state index in [1.807, 2.05) is 11.8 Å². The van der Waals surface area contributed by atoms with Crippen molar-refractivity contribution in [3.05, 3.63) is 0 Å². The van der Waals surface area contributed by atoms with E-state index in [2.05, 4.69) is 20.8 Å². The SMILES string of the molecule is CC(N)C1CCCN(C(=O)C2CSCN2C(=O)CC(C)(C)C)C1. The summed E-state index contributed by atoms with van der Waals surface area (Å²) in [4.78, 5) is 29.2. The highest BCUT2D eigenvalue weighted by molar-refractivity contribution is 7.99. The Labute approximate surface area is 144 Å². The fourth-order valence-corrected chi connectivity index (χ4v) is 4.47. The molecule has 3 atom stereocenters. The smallest absolute Gasteiger partial charge is 0.246 e. The molecule has 2 aliphatic rings. The summed E-state index contributed by atoms with van der Waals surface area (Å²) >= 11 is 1.68. The van der Waals surface area contributed by atoms with Gasteiger partial charge in [0, 0.05) is 31.3 Å². The number of piperidine rings is 1. The minimum absolute atomic E-state index is 0.0524. The maximum absolute atomic E-state index is 12.9. The van der Waals surface area contributed by atoms with Gasteiger partial charge in [-0.1, -0.05) is 20.8 Å². The van der Waals surface area contributed by atoms with E-state index < -0.39 is 0 Å². The van der Waals surface area contributed by atoms with E-state index in [9.17, 15) is 9.59 Å². The largest absolute Gasteiger partial charge is 0.341 e. The molecule has 0 bridgehead atoms. The van der Waals surface area contributed by atoms with Crippen LogP contribution >= 0.6 is 11.8 Å². The predicted octanol–water partition coefficient (Wildman–Crippen LogP) is 1.91. The van der Waals surface area contributed by atoms with Crippen LogP contribution in [0, 0.1) is 11.3 Å². The maximum Gasteiger partial charge on any atom is 0.246 e. The lowest BCUT2D eigenvalue weighted by Crippen LogP contribution is -2.53. The summed E-state index contributed by atoms with van der Waals surface area (Å²) < 4.78 is 0. The lowest BCUT2D eigenvalue weighted by Gasteiger charge is -2.37. The fraction of sp³-hybridized carbons (Fsp3) is 0.882. The molecule has 132 valence electrons. The average Bonchev–Trinajstić information content (AvgIpc) is 2.94. The van der Waals surface area contributed by atoms with Crippen molar-refractivity contribution in [2.75, 3.05) is 24.7 Å². The van der Waals surface area contributed by atoms with Crippen molar-refractivity contribution in [2.45, 2.75) is 59.0 Å². The third-order valence-corrected chi connectivity index (χ3v) is 5.69. The van der Waals surface area contributed by atoms with Gasteiger partial charge in [0.15, 0.2) is 0 Å². The number of nitrogens with two attached hydrogens (primary N) is 1. The second kappa shape index (κ2) is 7.43. The minimum Gasteiger partial charge on any atom is -0.341 e. The standard InChI is InChI=1S/C17H31N3O2S/c1-12(18)13-6-5-7-19(9-13)16(22)14-10-23-11-20(14)15(21)8-17(2,3)4/h12-14H,5-11,18H2,1-4H3. The quantitative estimate of drug-likeness (QED) is 0.851. The van der Waals surface area contributed by atoms with Crippen molar-refractivity contribution >= 4 is 23.6 Å². The van der Waals surface area contributed by atoms with Crippen LogP contribution in [0.5, 0.6) is 0 Å². The van der Waals surface area contributed by atoms with E-state index >= 15 is 0 Å². The summed E-state index contributed by atoms with van der Waals surface area (Å²) in [6.45, 7) is 9.72. The van der Waals surface area contributed by atoms with Crippen molar-refractivity contribution in [1.82, 2.24) is 9.80 Å². The van der Waals surface area contributed by atoms with Gasteiger partial charge < -0.3 is 15.5 Å².